The second-order valence-electron chi connectivity index (χ2n) is 8.82. The van der Waals surface area contributed by atoms with Crippen molar-refractivity contribution in [3.8, 4) is 17.2 Å². The first-order chi connectivity index (χ1) is 17.4. The predicted octanol–water partition coefficient (Wildman–Crippen LogP) is 5.59. The molecule has 190 valence electrons. The maximum atomic E-state index is 13.7. The Morgan fingerprint density at radius 3 is 2.42 bits per heavy atom. The van der Waals surface area contributed by atoms with Crippen LogP contribution < -0.4 is 14.2 Å². The molecule has 1 aliphatic carbocycles. The summed E-state index contributed by atoms with van der Waals surface area (Å²) in [5.41, 5.74) is 1.31. The summed E-state index contributed by atoms with van der Waals surface area (Å²) in [6.07, 6.45) is 3.35. The van der Waals surface area contributed by atoms with E-state index < -0.39 is 27.5 Å². The topological polar surface area (TPSA) is 99.1 Å². The zero-order valence-electron chi connectivity index (χ0n) is 20.1. The van der Waals surface area contributed by atoms with E-state index in [2.05, 4.69) is 0 Å². The Morgan fingerprint density at radius 1 is 0.972 bits per heavy atom. The van der Waals surface area contributed by atoms with Gasteiger partial charge in [0.15, 0.2) is 21.3 Å². The van der Waals surface area contributed by atoms with Crippen LogP contribution in [0.1, 0.15) is 48.5 Å². The Balaban J connectivity index is 1.63. The van der Waals surface area contributed by atoms with E-state index in [0.717, 1.165) is 31.2 Å². The summed E-state index contributed by atoms with van der Waals surface area (Å²) in [6, 6.07) is 20.6. The molecule has 0 aromatic heterocycles. The standard InChI is InChI=1S/C28H30O7S/c1-33-25-15-14-24(17-26(25)35-22-11-5-6-12-22)36(31,32)27(18-28(29)30)21-10-7-13-23(16-21)34-19-20-8-3-2-4-9-20/h2-4,7-10,13-17,22,27H,5-6,11-12,18-19H2,1H3,(H,29,30). The van der Waals surface area contributed by atoms with Gasteiger partial charge in [0.25, 0.3) is 0 Å². The van der Waals surface area contributed by atoms with Crippen molar-refractivity contribution >= 4 is 15.8 Å². The first-order valence-electron chi connectivity index (χ1n) is 11.9. The van der Waals surface area contributed by atoms with E-state index in [9.17, 15) is 18.3 Å². The van der Waals surface area contributed by atoms with Gasteiger partial charge < -0.3 is 19.3 Å². The van der Waals surface area contributed by atoms with Crippen molar-refractivity contribution in [3.63, 3.8) is 0 Å². The van der Waals surface area contributed by atoms with Gasteiger partial charge in [-0.15, -0.1) is 0 Å². The molecule has 0 saturated heterocycles. The summed E-state index contributed by atoms with van der Waals surface area (Å²) in [7, 11) is -2.59. The molecule has 0 amide bonds. The highest BCUT2D eigenvalue weighted by Crippen LogP contribution is 2.38. The van der Waals surface area contributed by atoms with Gasteiger partial charge in [-0.3, -0.25) is 4.79 Å². The van der Waals surface area contributed by atoms with Crippen LogP contribution in [-0.2, 0) is 21.2 Å². The molecule has 1 saturated carbocycles. The van der Waals surface area contributed by atoms with Crippen molar-refractivity contribution in [1.82, 2.24) is 0 Å². The van der Waals surface area contributed by atoms with Crippen molar-refractivity contribution in [2.24, 2.45) is 0 Å². The van der Waals surface area contributed by atoms with Gasteiger partial charge in [-0.2, -0.15) is 0 Å². The molecule has 4 rings (SSSR count). The van der Waals surface area contributed by atoms with Crippen molar-refractivity contribution in [2.45, 2.75) is 55.0 Å². The monoisotopic (exact) mass is 510 g/mol. The second-order valence-corrected chi connectivity index (χ2v) is 10.9. The molecule has 0 bridgehead atoms. The molecular formula is C28H30O7S. The fourth-order valence-corrected chi connectivity index (χ4v) is 6.11. The smallest absolute Gasteiger partial charge is 0.305 e. The van der Waals surface area contributed by atoms with E-state index in [4.69, 9.17) is 14.2 Å². The van der Waals surface area contributed by atoms with Crippen LogP contribution >= 0.6 is 0 Å². The zero-order chi connectivity index (χ0) is 25.5. The lowest BCUT2D eigenvalue weighted by molar-refractivity contribution is -0.137. The average Bonchev–Trinajstić information content (AvgIpc) is 3.40. The number of carboxylic acids is 1. The largest absolute Gasteiger partial charge is 0.493 e. The number of sulfone groups is 1. The van der Waals surface area contributed by atoms with Crippen LogP contribution in [0.5, 0.6) is 17.2 Å². The van der Waals surface area contributed by atoms with E-state index in [1.807, 2.05) is 30.3 Å². The number of rotatable bonds is 11. The van der Waals surface area contributed by atoms with Crippen LogP contribution in [0.4, 0.5) is 0 Å². The van der Waals surface area contributed by atoms with Crippen LogP contribution in [0.3, 0.4) is 0 Å². The fraction of sp³-hybridized carbons (Fsp3) is 0.321. The molecule has 0 spiro atoms. The maximum absolute atomic E-state index is 13.7. The molecule has 1 atom stereocenters. The quantitative estimate of drug-likeness (QED) is 0.359. The molecular weight excluding hydrogens is 480 g/mol. The number of hydrogen-bond donors (Lipinski definition) is 1. The zero-order valence-corrected chi connectivity index (χ0v) is 20.9. The Kier molecular flexibility index (Phi) is 8.15. The first kappa shape index (κ1) is 25.6. The number of hydrogen-bond acceptors (Lipinski definition) is 6. The van der Waals surface area contributed by atoms with Gasteiger partial charge >= 0.3 is 5.97 Å². The normalized spacial score (nSPS) is 14.8. The summed E-state index contributed by atoms with van der Waals surface area (Å²) < 4.78 is 44.8. The summed E-state index contributed by atoms with van der Waals surface area (Å²) in [6.45, 7) is 0.307. The highest BCUT2D eigenvalue weighted by molar-refractivity contribution is 7.91. The predicted molar refractivity (Wildman–Crippen MR) is 135 cm³/mol. The highest BCUT2D eigenvalue weighted by Gasteiger charge is 2.33. The van der Waals surface area contributed by atoms with Crippen LogP contribution in [0.2, 0.25) is 0 Å². The minimum Gasteiger partial charge on any atom is -0.493 e. The molecule has 3 aromatic rings. The highest BCUT2D eigenvalue weighted by atomic mass is 32.2. The maximum Gasteiger partial charge on any atom is 0.305 e. The molecule has 0 aliphatic heterocycles. The Labute approximate surface area is 211 Å². The molecule has 3 aromatic carbocycles. The van der Waals surface area contributed by atoms with Gasteiger partial charge in [0.05, 0.1) is 24.5 Å². The van der Waals surface area contributed by atoms with Gasteiger partial charge in [0.1, 0.15) is 17.6 Å². The lowest BCUT2D eigenvalue weighted by Gasteiger charge is -2.20. The van der Waals surface area contributed by atoms with Crippen LogP contribution in [0.15, 0.2) is 77.7 Å². The number of ether oxygens (including phenoxy) is 3. The average molecular weight is 511 g/mol. The SMILES string of the molecule is COc1ccc(S(=O)(=O)C(CC(=O)O)c2cccc(OCc3ccccc3)c2)cc1OC1CCCC1. The number of carboxylic acid groups (broad SMARTS) is 1. The van der Waals surface area contributed by atoms with Gasteiger partial charge in [0.2, 0.25) is 0 Å². The molecule has 1 N–H and O–H groups in total. The third kappa shape index (κ3) is 6.18. The summed E-state index contributed by atoms with van der Waals surface area (Å²) >= 11 is 0. The molecule has 1 fully saturated rings. The third-order valence-electron chi connectivity index (χ3n) is 6.27. The molecule has 1 aliphatic rings. The third-order valence-corrected chi connectivity index (χ3v) is 8.37. The molecule has 8 heteroatoms. The van der Waals surface area contributed by atoms with Crippen molar-refractivity contribution in [1.29, 1.82) is 0 Å². The molecule has 36 heavy (non-hydrogen) atoms. The lowest BCUT2D eigenvalue weighted by Crippen LogP contribution is -2.18. The fourth-order valence-electron chi connectivity index (χ4n) is 4.39. The number of methoxy groups -OCH3 is 1. The van der Waals surface area contributed by atoms with Crippen molar-refractivity contribution in [3.05, 3.63) is 83.9 Å². The summed E-state index contributed by atoms with van der Waals surface area (Å²) in [5.74, 6) is 0.0310. The Bertz CT molecular complexity index is 1280. The summed E-state index contributed by atoms with van der Waals surface area (Å²) in [5, 5.41) is 8.26. The Morgan fingerprint density at radius 2 is 1.72 bits per heavy atom. The van der Waals surface area contributed by atoms with Crippen LogP contribution in [0.25, 0.3) is 0 Å². The molecule has 0 radical (unpaired) electrons. The number of aliphatic carboxylic acids is 1. The van der Waals surface area contributed by atoms with E-state index in [1.165, 1.54) is 19.2 Å². The molecule has 1 unspecified atom stereocenters. The molecule has 0 heterocycles. The van der Waals surface area contributed by atoms with Gasteiger partial charge in [-0.1, -0.05) is 42.5 Å². The molecule has 7 nitrogen and oxygen atoms in total. The van der Waals surface area contributed by atoms with Crippen molar-refractivity contribution in [2.75, 3.05) is 7.11 Å². The lowest BCUT2D eigenvalue weighted by atomic mass is 10.1. The number of benzene rings is 3. The van der Waals surface area contributed by atoms with Crippen LogP contribution in [-0.4, -0.2) is 32.7 Å². The van der Waals surface area contributed by atoms with Gasteiger partial charge in [0, 0.05) is 6.07 Å². The van der Waals surface area contributed by atoms with Crippen molar-refractivity contribution < 1.29 is 32.5 Å². The second kappa shape index (κ2) is 11.5. The van der Waals surface area contributed by atoms with Gasteiger partial charge in [-0.25, -0.2) is 8.42 Å². The first-order valence-corrected chi connectivity index (χ1v) is 13.5. The summed E-state index contributed by atoms with van der Waals surface area (Å²) in [4.78, 5) is 11.7. The van der Waals surface area contributed by atoms with E-state index in [-0.39, 0.29) is 11.0 Å². The van der Waals surface area contributed by atoms with E-state index in [1.54, 1.807) is 30.3 Å². The number of carbonyl (C=O) groups is 1. The van der Waals surface area contributed by atoms with Gasteiger partial charge in [-0.05, 0) is 61.1 Å². The van der Waals surface area contributed by atoms with Crippen LogP contribution in [0, 0.1) is 0 Å². The van der Waals surface area contributed by atoms with E-state index in [0.29, 0.717) is 29.4 Å². The Hall–Kier alpha value is -3.52. The minimum atomic E-state index is -4.09. The minimum absolute atomic E-state index is 0.00474. The van der Waals surface area contributed by atoms with E-state index >= 15 is 0 Å².